The van der Waals surface area contributed by atoms with Crippen molar-refractivity contribution in [1.29, 1.82) is 0 Å². The molecule has 1 amide bonds. The van der Waals surface area contributed by atoms with Crippen molar-refractivity contribution in [2.75, 3.05) is 0 Å². The summed E-state index contributed by atoms with van der Waals surface area (Å²) in [5, 5.41) is 0. The molecule has 0 aliphatic carbocycles. The van der Waals surface area contributed by atoms with E-state index in [-0.39, 0.29) is 4.99 Å². The Morgan fingerprint density at radius 3 is 2.42 bits per heavy atom. The summed E-state index contributed by atoms with van der Waals surface area (Å²) in [6, 6.07) is 9.86. The summed E-state index contributed by atoms with van der Waals surface area (Å²) in [6.07, 6.45) is 1.58. The van der Waals surface area contributed by atoms with E-state index in [0.717, 1.165) is 0 Å². The maximum Gasteiger partial charge on any atom is 0.248 e. The third-order valence-electron chi connectivity index (χ3n) is 2.37. The van der Waals surface area contributed by atoms with E-state index < -0.39 is 5.91 Å². The highest BCUT2D eigenvalue weighted by Crippen LogP contribution is 2.24. The summed E-state index contributed by atoms with van der Waals surface area (Å²) >= 11 is 4.89. The van der Waals surface area contributed by atoms with Crippen molar-refractivity contribution in [2.24, 2.45) is 11.5 Å². The van der Waals surface area contributed by atoms with Crippen LogP contribution in [-0.2, 0) is 0 Å². The lowest BCUT2D eigenvalue weighted by Crippen LogP contribution is -2.12. The summed E-state index contributed by atoms with van der Waals surface area (Å²) < 4.78 is 5.62. The number of ether oxygens (including phenoxy) is 1. The highest BCUT2D eigenvalue weighted by molar-refractivity contribution is 7.80. The molecule has 0 bridgehead atoms. The van der Waals surface area contributed by atoms with Gasteiger partial charge in [0.2, 0.25) is 5.91 Å². The normalized spacial score (nSPS) is 9.89. The molecule has 5 nitrogen and oxygen atoms in total. The smallest absolute Gasteiger partial charge is 0.248 e. The number of rotatable bonds is 4. The van der Waals surface area contributed by atoms with Crippen molar-refractivity contribution in [3.8, 4) is 11.5 Å². The van der Waals surface area contributed by atoms with Gasteiger partial charge in [-0.2, -0.15) is 0 Å². The summed E-state index contributed by atoms with van der Waals surface area (Å²) in [7, 11) is 0. The van der Waals surface area contributed by atoms with Gasteiger partial charge in [-0.25, -0.2) is 4.98 Å². The van der Waals surface area contributed by atoms with Gasteiger partial charge >= 0.3 is 0 Å². The van der Waals surface area contributed by atoms with Crippen LogP contribution in [0.4, 0.5) is 0 Å². The SMILES string of the molecule is NC(=O)c1ccc(Oc2cccnc2C(N)=S)cc1. The van der Waals surface area contributed by atoms with Gasteiger partial charge in [0.05, 0.1) is 0 Å². The van der Waals surface area contributed by atoms with E-state index in [0.29, 0.717) is 22.8 Å². The second-order valence-electron chi connectivity index (χ2n) is 3.71. The maximum absolute atomic E-state index is 11.0. The van der Waals surface area contributed by atoms with Gasteiger partial charge in [0.15, 0.2) is 5.75 Å². The van der Waals surface area contributed by atoms with Crippen LogP contribution in [0.25, 0.3) is 0 Å². The number of nitrogens with zero attached hydrogens (tertiary/aromatic N) is 1. The molecule has 0 spiro atoms. The van der Waals surface area contributed by atoms with Crippen molar-refractivity contribution in [3.05, 3.63) is 53.9 Å². The van der Waals surface area contributed by atoms with Gasteiger partial charge in [-0.3, -0.25) is 4.79 Å². The zero-order chi connectivity index (χ0) is 13.8. The van der Waals surface area contributed by atoms with Crippen molar-refractivity contribution >= 4 is 23.1 Å². The van der Waals surface area contributed by atoms with Crippen molar-refractivity contribution < 1.29 is 9.53 Å². The molecule has 0 aliphatic rings. The lowest BCUT2D eigenvalue weighted by Gasteiger charge is -2.09. The zero-order valence-corrected chi connectivity index (χ0v) is 10.7. The molecule has 0 atom stereocenters. The molecular formula is C13H11N3O2S. The van der Waals surface area contributed by atoms with Gasteiger partial charge < -0.3 is 16.2 Å². The zero-order valence-electron chi connectivity index (χ0n) is 9.87. The fraction of sp³-hybridized carbons (Fsp3) is 0. The molecule has 2 aromatic rings. The number of benzene rings is 1. The van der Waals surface area contributed by atoms with Gasteiger partial charge in [0, 0.05) is 11.8 Å². The summed E-state index contributed by atoms with van der Waals surface area (Å²) in [5.74, 6) is 0.508. The number of nitrogens with two attached hydrogens (primary N) is 2. The van der Waals surface area contributed by atoms with Gasteiger partial charge in [-0.15, -0.1) is 0 Å². The minimum absolute atomic E-state index is 0.157. The molecule has 0 fully saturated rings. The highest BCUT2D eigenvalue weighted by Gasteiger charge is 2.08. The molecule has 0 radical (unpaired) electrons. The third kappa shape index (κ3) is 3.05. The fourth-order valence-corrected chi connectivity index (χ4v) is 1.63. The lowest BCUT2D eigenvalue weighted by atomic mass is 10.2. The Bertz CT molecular complexity index is 626. The van der Waals surface area contributed by atoms with Gasteiger partial charge in [0.25, 0.3) is 0 Å². The second kappa shape index (κ2) is 5.45. The Morgan fingerprint density at radius 1 is 1.16 bits per heavy atom. The number of carbonyl (C=O) groups is 1. The largest absolute Gasteiger partial charge is 0.455 e. The van der Waals surface area contributed by atoms with E-state index in [1.165, 1.54) is 0 Å². The van der Waals surface area contributed by atoms with Crippen molar-refractivity contribution in [1.82, 2.24) is 4.98 Å². The first kappa shape index (κ1) is 13.0. The first-order valence-corrected chi connectivity index (χ1v) is 5.81. The van der Waals surface area contributed by atoms with E-state index in [2.05, 4.69) is 4.98 Å². The number of aromatic nitrogens is 1. The molecule has 1 heterocycles. The molecule has 2 rings (SSSR count). The molecule has 0 unspecified atom stereocenters. The average molecular weight is 273 g/mol. The maximum atomic E-state index is 11.0. The van der Waals surface area contributed by atoms with Crippen LogP contribution < -0.4 is 16.2 Å². The quantitative estimate of drug-likeness (QED) is 0.826. The Hall–Kier alpha value is -2.47. The van der Waals surface area contributed by atoms with Crippen LogP contribution in [0.2, 0.25) is 0 Å². The Kier molecular flexibility index (Phi) is 3.72. The Morgan fingerprint density at radius 2 is 1.84 bits per heavy atom. The van der Waals surface area contributed by atoms with Gasteiger partial charge in [-0.05, 0) is 36.4 Å². The molecule has 19 heavy (non-hydrogen) atoms. The first-order chi connectivity index (χ1) is 9.08. The summed E-state index contributed by atoms with van der Waals surface area (Å²) in [4.78, 5) is 15.2. The van der Waals surface area contributed by atoms with Gasteiger partial charge in [0.1, 0.15) is 16.4 Å². The van der Waals surface area contributed by atoms with Crippen molar-refractivity contribution in [2.45, 2.75) is 0 Å². The van der Waals surface area contributed by atoms with Crippen LogP contribution in [-0.4, -0.2) is 15.9 Å². The Balaban J connectivity index is 2.26. The minimum Gasteiger partial charge on any atom is -0.455 e. The molecule has 4 N–H and O–H groups in total. The average Bonchev–Trinajstić information content (AvgIpc) is 2.39. The second-order valence-corrected chi connectivity index (χ2v) is 4.14. The van der Waals surface area contributed by atoms with E-state index in [1.54, 1.807) is 42.6 Å². The Labute approximate surface area is 115 Å². The van der Waals surface area contributed by atoms with E-state index in [4.69, 9.17) is 28.4 Å². The van der Waals surface area contributed by atoms with Crippen LogP contribution in [0.15, 0.2) is 42.6 Å². The van der Waals surface area contributed by atoms with E-state index in [9.17, 15) is 4.79 Å². The number of hydrogen-bond donors (Lipinski definition) is 2. The van der Waals surface area contributed by atoms with Crippen LogP contribution in [0, 0.1) is 0 Å². The van der Waals surface area contributed by atoms with Crippen LogP contribution in [0.3, 0.4) is 0 Å². The summed E-state index contributed by atoms with van der Waals surface area (Å²) in [5.41, 5.74) is 11.5. The van der Waals surface area contributed by atoms with Crippen LogP contribution in [0.5, 0.6) is 11.5 Å². The van der Waals surface area contributed by atoms with Crippen LogP contribution >= 0.6 is 12.2 Å². The first-order valence-electron chi connectivity index (χ1n) is 5.40. The number of primary amides is 1. The molecule has 1 aromatic carbocycles. The minimum atomic E-state index is -0.489. The predicted octanol–water partition coefficient (Wildman–Crippen LogP) is 1.61. The number of pyridine rings is 1. The summed E-state index contributed by atoms with van der Waals surface area (Å²) in [6.45, 7) is 0. The number of thiocarbonyl (C=S) groups is 1. The molecule has 0 aliphatic heterocycles. The molecule has 0 saturated heterocycles. The van der Waals surface area contributed by atoms with Crippen molar-refractivity contribution in [3.63, 3.8) is 0 Å². The molecule has 0 saturated carbocycles. The highest BCUT2D eigenvalue weighted by atomic mass is 32.1. The lowest BCUT2D eigenvalue weighted by molar-refractivity contribution is 0.100. The van der Waals surface area contributed by atoms with Gasteiger partial charge in [-0.1, -0.05) is 12.2 Å². The monoisotopic (exact) mass is 273 g/mol. The number of amides is 1. The van der Waals surface area contributed by atoms with E-state index in [1.807, 2.05) is 0 Å². The third-order valence-corrected chi connectivity index (χ3v) is 2.56. The predicted molar refractivity (Wildman–Crippen MR) is 75.2 cm³/mol. The molecule has 6 heteroatoms. The fourth-order valence-electron chi connectivity index (χ4n) is 1.47. The van der Waals surface area contributed by atoms with E-state index >= 15 is 0 Å². The topological polar surface area (TPSA) is 91.2 Å². The standard InChI is InChI=1S/C13H11N3O2S/c14-12(17)8-3-5-9(6-4-8)18-10-2-1-7-16-11(10)13(15)19/h1-7H,(H2,14,17)(H2,15,19). The number of hydrogen-bond acceptors (Lipinski definition) is 4. The molecule has 96 valence electrons. The molecular weight excluding hydrogens is 262 g/mol. The molecule has 1 aromatic heterocycles. The number of carbonyl (C=O) groups excluding carboxylic acids is 1. The van der Waals surface area contributed by atoms with Crippen LogP contribution in [0.1, 0.15) is 16.1 Å².